The smallest absolute Gasteiger partial charge is 0.410 e. The van der Waals surface area contributed by atoms with Crippen LogP contribution >= 0.6 is 22.7 Å². The van der Waals surface area contributed by atoms with Crippen LogP contribution in [0.15, 0.2) is 18.2 Å². The number of ether oxygens (including phenoxy) is 2. The van der Waals surface area contributed by atoms with Crippen LogP contribution in [-0.4, -0.2) is 60.8 Å². The zero-order chi connectivity index (χ0) is 26.7. The lowest BCUT2D eigenvalue weighted by Crippen LogP contribution is -2.41. The van der Waals surface area contributed by atoms with Crippen molar-refractivity contribution in [3.8, 4) is 10.6 Å². The van der Waals surface area contributed by atoms with Crippen molar-refractivity contribution < 1.29 is 23.5 Å². The first-order chi connectivity index (χ1) is 17.6. The van der Waals surface area contributed by atoms with Gasteiger partial charge in [0.25, 0.3) is 0 Å². The molecule has 1 unspecified atom stereocenters. The summed E-state index contributed by atoms with van der Waals surface area (Å²) in [6, 6.07) is 4.34. The molecule has 0 spiro atoms. The second-order valence-corrected chi connectivity index (χ2v) is 12.0. The number of carbonyl (C=O) groups excluding carboxylic acids is 2. The Labute approximate surface area is 224 Å². The normalized spacial score (nSPS) is 15.6. The van der Waals surface area contributed by atoms with Gasteiger partial charge in [-0.05, 0) is 51.8 Å². The lowest BCUT2D eigenvalue weighted by Gasteiger charge is -2.35. The van der Waals surface area contributed by atoms with Gasteiger partial charge in [-0.2, -0.15) is 0 Å². The number of carbonyl (C=O) groups is 2. The molecule has 3 heterocycles. The fraction of sp³-hybridized carbons (Fsp3) is 0.500. The minimum atomic E-state index is -0.593. The zero-order valence-corrected chi connectivity index (χ0v) is 23.4. The Kier molecular flexibility index (Phi) is 8.47. The van der Waals surface area contributed by atoms with Crippen LogP contribution in [0.3, 0.4) is 0 Å². The molecule has 0 radical (unpaired) electrons. The number of amides is 2. The molecule has 0 saturated heterocycles. The molecule has 0 aliphatic carbocycles. The van der Waals surface area contributed by atoms with Gasteiger partial charge >= 0.3 is 6.09 Å². The van der Waals surface area contributed by atoms with Crippen LogP contribution in [0.2, 0.25) is 0 Å². The molecule has 2 aromatic heterocycles. The monoisotopic (exact) mass is 548 g/mol. The van der Waals surface area contributed by atoms with Crippen molar-refractivity contribution in [2.24, 2.45) is 0 Å². The topological polar surface area (TPSA) is 92.8 Å². The van der Waals surface area contributed by atoms with Gasteiger partial charge in [0.1, 0.15) is 21.4 Å². The highest BCUT2D eigenvalue weighted by Gasteiger charge is 2.36. The number of halogens is 1. The van der Waals surface area contributed by atoms with E-state index in [1.165, 1.54) is 34.8 Å². The molecule has 0 fully saturated rings. The van der Waals surface area contributed by atoms with Crippen molar-refractivity contribution in [1.82, 2.24) is 15.2 Å². The molecular formula is C26H33FN4O4S2. The summed E-state index contributed by atoms with van der Waals surface area (Å²) in [6.07, 6.45) is 0.545. The van der Waals surface area contributed by atoms with Gasteiger partial charge in [-0.3, -0.25) is 4.79 Å². The number of nitrogens with one attached hydrogen (secondary N) is 2. The summed E-state index contributed by atoms with van der Waals surface area (Å²) < 4.78 is 25.4. The van der Waals surface area contributed by atoms with E-state index in [1.54, 1.807) is 18.1 Å². The number of benzene rings is 1. The molecule has 1 atom stereocenters. The Morgan fingerprint density at radius 3 is 2.76 bits per heavy atom. The highest BCUT2D eigenvalue weighted by Crippen LogP contribution is 2.48. The van der Waals surface area contributed by atoms with E-state index in [9.17, 15) is 14.0 Å². The number of rotatable bonds is 8. The molecule has 11 heteroatoms. The van der Waals surface area contributed by atoms with Crippen molar-refractivity contribution >= 4 is 49.9 Å². The largest absolute Gasteiger partial charge is 0.444 e. The Balaban J connectivity index is 1.65. The van der Waals surface area contributed by atoms with Gasteiger partial charge in [-0.25, -0.2) is 14.2 Å². The number of hydrogen-bond acceptors (Lipinski definition) is 8. The van der Waals surface area contributed by atoms with E-state index in [0.29, 0.717) is 49.6 Å². The fourth-order valence-electron chi connectivity index (χ4n) is 4.22. The third-order valence-corrected chi connectivity index (χ3v) is 8.32. The molecule has 0 saturated carbocycles. The number of nitrogens with zero attached hydrogens (tertiary/aromatic N) is 2. The van der Waals surface area contributed by atoms with E-state index < -0.39 is 5.60 Å². The molecular weight excluding hydrogens is 515 g/mol. The average molecular weight is 549 g/mol. The number of thiophene rings is 1. The maximum absolute atomic E-state index is 13.8. The first kappa shape index (κ1) is 27.4. The van der Waals surface area contributed by atoms with Gasteiger partial charge in [0, 0.05) is 49.7 Å². The quantitative estimate of drug-likeness (QED) is 0.357. The SMILES string of the molecule is COCCNCCC(=O)Nc1sc2c(c1-c1nc3cc(F)ccc3s1)CCN(C(=O)OC(C)(C)C)C2C. The number of thiazole rings is 1. The number of hydrogen-bond donors (Lipinski definition) is 2. The molecule has 2 N–H and O–H groups in total. The van der Waals surface area contributed by atoms with Crippen LogP contribution in [0, 0.1) is 5.82 Å². The Hall–Kier alpha value is -2.60. The molecule has 8 nitrogen and oxygen atoms in total. The lowest BCUT2D eigenvalue weighted by atomic mass is 9.98. The fourth-order valence-corrected chi connectivity index (χ4v) is 6.64. The summed E-state index contributed by atoms with van der Waals surface area (Å²) in [4.78, 5) is 33.2. The van der Waals surface area contributed by atoms with Gasteiger partial charge < -0.3 is 25.0 Å². The highest BCUT2D eigenvalue weighted by molar-refractivity contribution is 7.23. The standard InChI is InChI=1S/C26H33FN4O4S2/c1-15-22-17(9-12-31(15)25(33)35-26(2,3)4)21(23-29-18-14-16(27)6-7-19(18)36-23)24(37-22)30-20(32)8-10-28-11-13-34-5/h6-7,14-15,28H,8-13H2,1-5H3,(H,30,32). The molecule has 1 aliphatic rings. The predicted octanol–water partition coefficient (Wildman–Crippen LogP) is 5.58. The van der Waals surface area contributed by atoms with Gasteiger partial charge in [0.05, 0.1) is 22.9 Å². The molecule has 200 valence electrons. The van der Waals surface area contributed by atoms with Crippen LogP contribution < -0.4 is 10.6 Å². The summed E-state index contributed by atoms with van der Waals surface area (Å²) >= 11 is 2.93. The average Bonchev–Trinajstić information content (AvgIpc) is 3.38. The van der Waals surface area contributed by atoms with Gasteiger partial charge in [0.15, 0.2) is 0 Å². The van der Waals surface area contributed by atoms with Crippen molar-refractivity contribution in [2.45, 2.75) is 52.2 Å². The summed E-state index contributed by atoms with van der Waals surface area (Å²) in [5.74, 6) is -0.457. The second kappa shape index (κ2) is 11.4. The molecule has 1 aliphatic heterocycles. The van der Waals surface area contributed by atoms with Gasteiger partial charge in [0.2, 0.25) is 5.91 Å². The molecule has 2 amide bonds. The number of methoxy groups -OCH3 is 1. The predicted molar refractivity (Wildman–Crippen MR) is 146 cm³/mol. The highest BCUT2D eigenvalue weighted by atomic mass is 32.1. The molecule has 3 aromatic rings. The Morgan fingerprint density at radius 2 is 2.03 bits per heavy atom. The van der Waals surface area contributed by atoms with E-state index in [-0.39, 0.29) is 23.9 Å². The molecule has 37 heavy (non-hydrogen) atoms. The van der Waals surface area contributed by atoms with Gasteiger partial charge in [-0.15, -0.1) is 22.7 Å². The van der Waals surface area contributed by atoms with Crippen molar-refractivity contribution in [2.75, 3.05) is 38.7 Å². The third-order valence-electron chi connectivity index (χ3n) is 5.94. The van der Waals surface area contributed by atoms with E-state index in [1.807, 2.05) is 27.7 Å². The number of anilines is 1. The summed E-state index contributed by atoms with van der Waals surface area (Å²) in [5.41, 5.74) is 1.91. The van der Waals surface area contributed by atoms with E-state index in [0.717, 1.165) is 25.7 Å². The van der Waals surface area contributed by atoms with Crippen LogP contribution in [0.25, 0.3) is 20.8 Å². The van der Waals surface area contributed by atoms with Crippen LogP contribution in [-0.2, 0) is 20.7 Å². The third kappa shape index (κ3) is 6.46. The first-order valence-corrected chi connectivity index (χ1v) is 13.9. The number of fused-ring (bicyclic) bond motifs is 2. The van der Waals surface area contributed by atoms with Crippen molar-refractivity contribution in [1.29, 1.82) is 0 Å². The zero-order valence-electron chi connectivity index (χ0n) is 21.8. The lowest BCUT2D eigenvalue weighted by molar-refractivity contribution is -0.116. The van der Waals surface area contributed by atoms with E-state index >= 15 is 0 Å². The summed E-state index contributed by atoms with van der Waals surface area (Å²) in [6.45, 7) is 9.78. The van der Waals surface area contributed by atoms with Crippen molar-refractivity contribution in [3.05, 3.63) is 34.5 Å². The summed E-state index contributed by atoms with van der Waals surface area (Å²) in [7, 11) is 1.63. The minimum absolute atomic E-state index is 0.117. The van der Waals surface area contributed by atoms with Crippen LogP contribution in [0.5, 0.6) is 0 Å². The maximum atomic E-state index is 13.8. The maximum Gasteiger partial charge on any atom is 0.410 e. The van der Waals surface area contributed by atoms with Crippen LogP contribution in [0.1, 0.15) is 50.6 Å². The Bertz CT molecular complexity index is 1280. The minimum Gasteiger partial charge on any atom is -0.444 e. The first-order valence-electron chi connectivity index (χ1n) is 12.3. The van der Waals surface area contributed by atoms with E-state index in [4.69, 9.17) is 14.5 Å². The molecule has 1 aromatic carbocycles. The van der Waals surface area contributed by atoms with Crippen molar-refractivity contribution in [3.63, 3.8) is 0 Å². The summed E-state index contributed by atoms with van der Waals surface area (Å²) in [5, 5.41) is 7.69. The number of aromatic nitrogens is 1. The van der Waals surface area contributed by atoms with Crippen LogP contribution in [0.4, 0.5) is 14.2 Å². The second-order valence-electron chi connectivity index (χ2n) is 9.92. The molecule has 4 rings (SSSR count). The van der Waals surface area contributed by atoms with E-state index in [2.05, 4.69) is 10.6 Å². The Morgan fingerprint density at radius 1 is 1.24 bits per heavy atom. The van der Waals surface area contributed by atoms with Gasteiger partial charge in [-0.1, -0.05) is 0 Å². The molecule has 0 bridgehead atoms.